The minimum absolute atomic E-state index is 0.0753. The van der Waals surface area contributed by atoms with Crippen molar-refractivity contribution in [3.05, 3.63) is 35.5 Å². The molecule has 1 heterocycles. The Morgan fingerprint density at radius 1 is 1.35 bits per heavy atom. The van der Waals surface area contributed by atoms with Crippen molar-refractivity contribution in [1.29, 1.82) is 0 Å². The van der Waals surface area contributed by atoms with E-state index >= 15 is 0 Å². The van der Waals surface area contributed by atoms with E-state index in [-0.39, 0.29) is 12.5 Å². The molecule has 1 aromatic heterocycles. The van der Waals surface area contributed by atoms with Gasteiger partial charge in [-0.2, -0.15) is 0 Å². The molecule has 2 rings (SSSR count). The normalized spacial score (nSPS) is 11.3. The van der Waals surface area contributed by atoms with Gasteiger partial charge in [-0.25, -0.2) is 0 Å². The number of benzene rings is 1. The third kappa shape index (κ3) is 2.18. The van der Waals surface area contributed by atoms with Gasteiger partial charge in [0, 0.05) is 17.3 Å². The number of rotatable bonds is 3. The van der Waals surface area contributed by atoms with Gasteiger partial charge in [-0.1, -0.05) is 12.1 Å². The van der Waals surface area contributed by atoms with Crippen LogP contribution in [0.1, 0.15) is 31.1 Å². The number of carboxylic acids is 1. The Labute approximate surface area is 101 Å². The Balaban J connectivity index is 2.66. The van der Waals surface area contributed by atoms with Crippen LogP contribution >= 0.6 is 0 Å². The summed E-state index contributed by atoms with van der Waals surface area (Å²) in [6.45, 7) is 6.20. The zero-order chi connectivity index (χ0) is 12.6. The predicted octanol–water partition coefficient (Wildman–Crippen LogP) is 3.16. The molecule has 0 bridgehead atoms. The van der Waals surface area contributed by atoms with Crippen molar-refractivity contribution in [2.75, 3.05) is 0 Å². The van der Waals surface area contributed by atoms with E-state index in [9.17, 15) is 4.79 Å². The summed E-state index contributed by atoms with van der Waals surface area (Å²) < 4.78 is 2.11. The Morgan fingerprint density at radius 3 is 2.65 bits per heavy atom. The molecule has 0 aliphatic rings. The number of hydrogen-bond donors (Lipinski definition) is 1. The molecular formula is C14H17NO2. The summed E-state index contributed by atoms with van der Waals surface area (Å²) in [5, 5.41) is 10.1. The number of carboxylic acid groups (broad SMARTS) is 1. The van der Waals surface area contributed by atoms with Crippen molar-refractivity contribution in [1.82, 2.24) is 4.57 Å². The Bertz CT molecular complexity index is 567. The maximum Gasteiger partial charge on any atom is 0.309 e. The third-order valence-corrected chi connectivity index (χ3v) is 2.93. The minimum atomic E-state index is -0.786. The number of aliphatic carboxylic acids is 1. The molecule has 0 radical (unpaired) electrons. The number of nitrogens with zero attached hydrogens (tertiary/aromatic N) is 1. The second kappa shape index (κ2) is 4.24. The first-order valence-electron chi connectivity index (χ1n) is 5.81. The van der Waals surface area contributed by atoms with Gasteiger partial charge in [0.15, 0.2) is 0 Å². The first-order valence-corrected chi connectivity index (χ1v) is 5.81. The lowest BCUT2D eigenvalue weighted by Gasteiger charge is -2.13. The Kier molecular flexibility index (Phi) is 2.92. The summed E-state index contributed by atoms with van der Waals surface area (Å²) in [7, 11) is 0. The van der Waals surface area contributed by atoms with Crippen molar-refractivity contribution < 1.29 is 9.90 Å². The fourth-order valence-electron chi connectivity index (χ4n) is 2.29. The van der Waals surface area contributed by atoms with E-state index < -0.39 is 5.97 Å². The fraction of sp³-hybridized carbons (Fsp3) is 0.357. The topological polar surface area (TPSA) is 42.2 Å². The second-order valence-electron chi connectivity index (χ2n) is 4.73. The fourth-order valence-corrected chi connectivity index (χ4v) is 2.29. The van der Waals surface area contributed by atoms with Gasteiger partial charge in [-0.05, 0) is 43.9 Å². The largest absolute Gasteiger partial charge is 0.481 e. The van der Waals surface area contributed by atoms with Crippen molar-refractivity contribution in [2.24, 2.45) is 0 Å². The molecular weight excluding hydrogens is 214 g/mol. The summed E-state index contributed by atoms with van der Waals surface area (Å²) in [5.41, 5.74) is 3.18. The van der Waals surface area contributed by atoms with E-state index in [2.05, 4.69) is 36.6 Å². The summed E-state index contributed by atoms with van der Waals surface area (Å²) in [6.07, 6.45) is 0.0753. The zero-order valence-corrected chi connectivity index (χ0v) is 10.4. The average Bonchev–Trinajstić information content (AvgIpc) is 2.53. The van der Waals surface area contributed by atoms with Gasteiger partial charge in [-0.3, -0.25) is 4.79 Å². The van der Waals surface area contributed by atoms with Crippen LogP contribution in [-0.4, -0.2) is 15.6 Å². The summed E-state index contributed by atoms with van der Waals surface area (Å²) in [4.78, 5) is 10.9. The molecule has 0 saturated carbocycles. The molecule has 0 amide bonds. The maximum atomic E-state index is 10.9. The molecule has 2 aromatic rings. The first-order chi connectivity index (χ1) is 7.99. The van der Waals surface area contributed by atoms with Gasteiger partial charge in [0.1, 0.15) is 0 Å². The first kappa shape index (κ1) is 11.7. The smallest absolute Gasteiger partial charge is 0.309 e. The molecule has 90 valence electrons. The highest BCUT2D eigenvalue weighted by molar-refractivity contribution is 5.84. The number of fused-ring (bicyclic) bond motifs is 1. The molecule has 0 aliphatic carbocycles. The number of aryl methyl sites for hydroxylation is 1. The molecule has 1 N–H and O–H groups in total. The van der Waals surface area contributed by atoms with Crippen LogP contribution in [0.15, 0.2) is 24.3 Å². The van der Waals surface area contributed by atoms with E-state index in [1.54, 1.807) is 0 Å². The average molecular weight is 231 g/mol. The monoisotopic (exact) mass is 231 g/mol. The Hall–Kier alpha value is -1.77. The SMILES string of the molecule is Cc1ccc2cc(CC(=O)O)n(C(C)C)c2c1. The molecule has 1 aromatic carbocycles. The summed E-state index contributed by atoms with van der Waals surface area (Å²) >= 11 is 0. The number of carbonyl (C=O) groups is 1. The maximum absolute atomic E-state index is 10.9. The lowest BCUT2D eigenvalue weighted by atomic mass is 10.2. The highest BCUT2D eigenvalue weighted by Gasteiger charge is 2.13. The third-order valence-electron chi connectivity index (χ3n) is 2.93. The van der Waals surface area contributed by atoms with Gasteiger partial charge < -0.3 is 9.67 Å². The molecule has 0 saturated heterocycles. The van der Waals surface area contributed by atoms with Crippen molar-refractivity contribution >= 4 is 16.9 Å². The lowest BCUT2D eigenvalue weighted by molar-refractivity contribution is -0.136. The van der Waals surface area contributed by atoms with Gasteiger partial charge in [0.25, 0.3) is 0 Å². The molecule has 0 unspecified atom stereocenters. The molecule has 0 atom stereocenters. The van der Waals surface area contributed by atoms with Gasteiger partial charge in [0.2, 0.25) is 0 Å². The van der Waals surface area contributed by atoms with Gasteiger partial charge in [0.05, 0.1) is 6.42 Å². The van der Waals surface area contributed by atoms with E-state index in [1.807, 2.05) is 13.0 Å². The van der Waals surface area contributed by atoms with E-state index in [0.717, 1.165) is 16.6 Å². The van der Waals surface area contributed by atoms with E-state index in [0.29, 0.717) is 0 Å². The molecule has 17 heavy (non-hydrogen) atoms. The molecule has 0 aliphatic heterocycles. The number of aromatic nitrogens is 1. The van der Waals surface area contributed by atoms with Crippen LogP contribution in [0.4, 0.5) is 0 Å². The highest BCUT2D eigenvalue weighted by atomic mass is 16.4. The lowest BCUT2D eigenvalue weighted by Crippen LogP contribution is -2.09. The second-order valence-corrected chi connectivity index (χ2v) is 4.73. The van der Waals surface area contributed by atoms with Crippen LogP contribution in [0.5, 0.6) is 0 Å². The molecule has 3 heteroatoms. The van der Waals surface area contributed by atoms with Crippen LogP contribution < -0.4 is 0 Å². The van der Waals surface area contributed by atoms with Crippen LogP contribution in [0.25, 0.3) is 10.9 Å². The summed E-state index contributed by atoms with van der Waals surface area (Å²) in [5.74, 6) is -0.786. The number of hydrogen-bond acceptors (Lipinski definition) is 1. The quantitative estimate of drug-likeness (QED) is 0.881. The van der Waals surface area contributed by atoms with E-state index in [4.69, 9.17) is 5.11 Å². The highest BCUT2D eigenvalue weighted by Crippen LogP contribution is 2.25. The molecule has 3 nitrogen and oxygen atoms in total. The Morgan fingerprint density at radius 2 is 2.06 bits per heavy atom. The van der Waals surface area contributed by atoms with Gasteiger partial charge >= 0.3 is 5.97 Å². The van der Waals surface area contributed by atoms with Crippen molar-refractivity contribution in [2.45, 2.75) is 33.2 Å². The zero-order valence-electron chi connectivity index (χ0n) is 10.4. The van der Waals surface area contributed by atoms with Crippen LogP contribution in [-0.2, 0) is 11.2 Å². The van der Waals surface area contributed by atoms with Crippen molar-refractivity contribution in [3.8, 4) is 0 Å². The predicted molar refractivity (Wildman–Crippen MR) is 68.4 cm³/mol. The van der Waals surface area contributed by atoms with Crippen molar-refractivity contribution in [3.63, 3.8) is 0 Å². The molecule has 0 fully saturated rings. The minimum Gasteiger partial charge on any atom is -0.481 e. The summed E-state index contributed by atoms with van der Waals surface area (Å²) in [6, 6.07) is 8.46. The van der Waals surface area contributed by atoms with Crippen LogP contribution in [0.3, 0.4) is 0 Å². The molecule has 0 spiro atoms. The van der Waals surface area contributed by atoms with Crippen LogP contribution in [0, 0.1) is 6.92 Å². The van der Waals surface area contributed by atoms with E-state index in [1.165, 1.54) is 5.56 Å². The van der Waals surface area contributed by atoms with Gasteiger partial charge in [-0.15, -0.1) is 0 Å². The standard InChI is InChI=1S/C14H17NO2/c1-9(2)15-12(8-14(16)17)7-11-5-4-10(3)6-13(11)15/h4-7,9H,8H2,1-3H3,(H,16,17). The van der Waals surface area contributed by atoms with Crippen LogP contribution in [0.2, 0.25) is 0 Å².